The van der Waals surface area contributed by atoms with Crippen LogP contribution in [0.15, 0.2) is 30.6 Å². The van der Waals surface area contributed by atoms with E-state index in [-0.39, 0.29) is 17.6 Å². The first-order chi connectivity index (χ1) is 12.7. The van der Waals surface area contributed by atoms with Gasteiger partial charge in [0.1, 0.15) is 6.33 Å². The molecule has 8 heteroatoms. The molecule has 0 spiro atoms. The second-order valence-corrected chi connectivity index (χ2v) is 6.11. The van der Waals surface area contributed by atoms with E-state index in [2.05, 4.69) is 16.9 Å². The van der Waals surface area contributed by atoms with Gasteiger partial charge in [-0.25, -0.2) is 4.98 Å². The Kier molecular flexibility index (Phi) is 5.50. The Bertz CT molecular complexity index is 784. The predicted molar refractivity (Wildman–Crippen MR) is 97.0 cm³/mol. The number of benzene rings is 1. The Hall–Kier alpha value is -2.90. The molecular weight excluding hydrogens is 336 g/mol. The van der Waals surface area contributed by atoms with Gasteiger partial charge in [0.2, 0.25) is 5.82 Å². The summed E-state index contributed by atoms with van der Waals surface area (Å²) in [5.41, 5.74) is -0.209. The maximum atomic E-state index is 11.8. The number of nitro groups is 1. The first-order valence-corrected chi connectivity index (χ1v) is 8.72. The van der Waals surface area contributed by atoms with E-state index in [1.807, 2.05) is 4.90 Å². The molecule has 1 aliphatic rings. The second kappa shape index (κ2) is 7.99. The summed E-state index contributed by atoms with van der Waals surface area (Å²) in [6, 6.07) is 7.20. The minimum absolute atomic E-state index is 0.0788. The molecule has 2 heterocycles. The number of para-hydroxylation sites is 2. The lowest BCUT2D eigenvalue weighted by molar-refractivity contribution is -0.385. The van der Waals surface area contributed by atoms with Gasteiger partial charge in [-0.15, -0.1) is 0 Å². The second-order valence-electron chi connectivity index (χ2n) is 6.11. The molecule has 1 aliphatic heterocycles. The molecule has 2 aromatic rings. The average Bonchev–Trinajstić information content (AvgIpc) is 2.68. The fourth-order valence-corrected chi connectivity index (χ4v) is 3.31. The Morgan fingerprint density at radius 1 is 1.27 bits per heavy atom. The first-order valence-electron chi connectivity index (χ1n) is 8.72. The molecule has 0 amide bonds. The van der Waals surface area contributed by atoms with Crippen molar-refractivity contribution in [2.24, 2.45) is 0 Å². The Morgan fingerprint density at radius 3 is 2.73 bits per heavy atom. The zero-order chi connectivity index (χ0) is 18.5. The fraction of sp³-hybridized carbons (Fsp3) is 0.444. The number of rotatable bonds is 6. The molecule has 1 aromatic carbocycles. The van der Waals surface area contributed by atoms with Crippen LogP contribution in [-0.4, -0.2) is 34.6 Å². The highest BCUT2D eigenvalue weighted by molar-refractivity contribution is 5.64. The zero-order valence-corrected chi connectivity index (χ0v) is 14.9. The van der Waals surface area contributed by atoms with Gasteiger partial charge in [0.25, 0.3) is 0 Å². The van der Waals surface area contributed by atoms with Crippen molar-refractivity contribution in [2.45, 2.75) is 38.6 Å². The van der Waals surface area contributed by atoms with Crippen molar-refractivity contribution >= 4 is 11.5 Å². The molecule has 1 aromatic heterocycles. The summed E-state index contributed by atoms with van der Waals surface area (Å²) in [6.07, 6.45) is 5.33. The summed E-state index contributed by atoms with van der Waals surface area (Å²) >= 11 is 0. The van der Waals surface area contributed by atoms with Gasteiger partial charge in [0, 0.05) is 12.6 Å². The topological polar surface area (TPSA) is 90.6 Å². The molecule has 138 valence electrons. The van der Waals surface area contributed by atoms with Crippen LogP contribution in [0.4, 0.5) is 11.5 Å². The van der Waals surface area contributed by atoms with Crippen LogP contribution >= 0.6 is 0 Å². The molecule has 0 bridgehead atoms. The number of piperidine rings is 1. The first kappa shape index (κ1) is 17.9. The smallest absolute Gasteiger partial charge is 0.373 e. The van der Waals surface area contributed by atoms with Crippen molar-refractivity contribution in [2.75, 3.05) is 18.6 Å². The van der Waals surface area contributed by atoms with Crippen molar-refractivity contribution in [3.8, 4) is 17.4 Å². The van der Waals surface area contributed by atoms with Gasteiger partial charge in [0.15, 0.2) is 11.5 Å². The van der Waals surface area contributed by atoms with Gasteiger partial charge in [-0.3, -0.25) is 10.1 Å². The largest absolute Gasteiger partial charge is 0.493 e. The van der Waals surface area contributed by atoms with Gasteiger partial charge in [0.05, 0.1) is 12.0 Å². The monoisotopic (exact) mass is 358 g/mol. The lowest BCUT2D eigenvalue weighted by Gasteiger charge is -2.35. The molecule has 1 unspecified atom stereocenters. The third kappa shape index (κ3) is 3.54. The number of methoxy groups -OCH3 is 1. The number of aromatic nitrogens is 2. The standard InChI is InChI=1S/C18H22N4O4/c1-3-13-8-6-7-11-21(13)17-16(22(23)24)18(20-12-19-17)26-15-10-5-4-9-14(15)25-2/h4-5,9-10,12-13H,3,6-8,11H2,1-2H3. The number of hydrogen-bond donors (Lipinski definition) is 0. The lowest BCUT2D eigenvalue weighted by Crippen LogP contribution is -2.40. The number of hydrogen-bond acceptors (Lipinski definition) is 7. The van der Waals surface area contributed by atoms with Crippen molar-refractivity contribution in [1.29, 1.82) is 0 Å². The molecule has 1 saturated heterocycles. The van der Waals surface area contributed by atoms with Crippen LogP contribution in [0.2, 0.25) is 0 Å². The van der Waals surface area contributed by atoms with Crippen molar-refractivity contribution in [3.05, 3.63) is 40.7 Å². The van der Waals surface area contributed by atoms with Gasteiger partial charge in [-0.2, -0.15) is 4.98 Å². The third-order valence-corrected chi connectivity index (χ3v) is 4.60. The Labute approximate surface area is 151 Å². The van der Waals surface area contributed by atoms with Gasteiger partial charge < -0.3 is 14.4 Å². The SMILES string of the molecule is CCC1CCCCN1c1ncnc(Oc2ccccc2OC)c1[N+](=O)[O-]. The highest BCUT2D eigenvalue weighted by atomic mass is 16.6. The fourth-order valence-electron chi connectivity index (χ4n) is 3.31. The molecule has 0 aliphatic carbocycles. The van der Waals surface area contributed by atoms with E-state index in [4.69, 9.17) is 9.47 Å². The van der Waals surface area contributed by atoms with Gasteiger partial charge in [-0.1, -0.05) is 19.1 Å². The predicted octanol–water partition coefficient (Wildman–Crippen LogP) is 3.95. The van der Waals surface area contributed by atoms with Crippen LogP contribution in [0.5, 0.6) is 17.4 Å². The van der Waals surface area contributed by atoms with Crippen LogP contribution in [0, 0.1) is 10.1 Å². The molecule has 0 N–H and O–H groups in total. The normalized spacial score (nSPS) is 17.0. The Morgan fingerprint density at radius 2 is 2.04 bits per heavy atom. The van der Waals surface area contributed by atoms with E-state index < -0.39 is 4.92 Å². The van der Waals surface area contributed by atoms with Crippen LogP contribution in [0.3, 0.4) is 0 Å². The van der Waals surface area contributed by atoms with E-state index in [0.717, 1.165) is 32.2 Å². The summed E-state index contributed by atoms with van der Waals surface area (Å²) in [5, 5.41) is 11.8. The highest BCUT2D eigenvalue weighted by Gasteiger charge is 2.33. The molecule has 0 radical (unpaired) electrons. The van der Waals surface area contributed by atoms with Crippen molar-refractivity contribution in [3.63, 3.8) is 0 Å². The molecule has 3 rings (SSSR count). The quantitative estimate of drug-likeness (QED) is 0.570. The molecule has 0 saturated carbocycles. The molecule has 1 fully saturated rings. The summed E-state index contributed by atoms with van der Waals surface area (Å²) in [6.45, 7) is 2.83. The summed E-state index contributed by atoms with van der Waals surface area (Å²) in [4.78, 5) is 21.6. The molecule has 8 nitrogen and oxygen atoms in total. The van der Waals surface area contributed by atoms with E-state index in [1.54, 1.807) is 24.3 Å². The minimum Gasteiger partial charge on any atom is -0.493 e. The maximum absolute atomic E-state index is 11.8. The van der Waals surface area contributed by atoms with Gasteiger partial charge >= 0.3 is 11.6 Å². The minimum atomic E-state index is -0.471. The summed E-state index contributed by atoms with van der Waals surface area (Å²) < 4.78 is 11.0. The molecule has 26 heavy (non-hydrogen) atoms. The lowest BCUT2D eigenvalue weighted by atomic mass is 10.00. The number of nitrogens with zero attached hydrogens (tertiary/aromatic N) is 4. The molecule has 1 atom stereocenters. The Balaban J connectivity index is 2.02. The van der Waals surface area contributed by atoms with Crippen LogP contribution in [0.25, 0.3) is 0 Å². The highest BCUT2D eigenvalue weighted by Crippen LogP contribution is 2.40. The number of anilines is 1. The summed E-state index contributed by atoms with van der Waals surface area (Å²) in [7, 11) is 1.52. The zero-order valence-electron chi connectivity index (χ0n) is 14.9. The van der Waals surface area contributed by atoms with E-state index in [0.29, 0.717) is 17.3 Å². The van der Waals surface area contributed by atoms with Crippen LogP contribution in [-0.2, 0) is 0 Å². The third-order valence-electron chi connectivity index (χ3n) is 4.60. The summed E-state index contributed by atoms with van der Waals surface area (Å²) in [5.74, 6) is 1.09. The maximum Gasteiger partial charge on any atom is 0.373 e. The average molecular weight is 358 g/mol. The van der Waals surface area contributed by atoms with E-state index >= 15 is 0 Å². The van der Waals surface area contributed by atoms with Crippen molar-refractivity contribution < 1.29 is 14.4 Å². The van der Waals surface area contributed by atoms with E-state index in [9.17, 15) is 10.1 Å². The molecular formula is C18H22N4O4. The van der Waals surface area contributed by atoms with E-state index in [1.165, 1.54) is 13.4 Å². The van der Waals surface area contributed by atoms with Crippen LogP contribution < -0.4 is 14.4 Å². The number of ether oxygens (including phenoxy) is 2. The van der Waals surface area contributed by atoms with Gasteiger partial charge in [-0.05, 0) is 37.8 Å². The van der Waals surface area contributed by atoms with Crippen molar-refractivity contribution in [1.82, 2.24) is 9.97 Å². The van der Waals surface area contributed by atoms with Crippen LogP contribution in [0.1, 0.15) is 32.6 Å².